The first-order valence-electron chi connectivity index (χ1n) is 14.1. The van der Waals surface area contributed by atoms with Crippen molar-refractivity contribution >= 4 is 32.7 Å². The van der Waals surface area contributed by atoms with Crippen LogP contribution in [0.25, 0.3) is 0 Å². The van der Waals surface area contributed by atoms with Crippen molar-refractivity contribution in [3.8, 4) is 0 Å². The quantitative estimate of drug-likeness (QED) is 0.0498. The molecular weight excluding hydrogens is 554 g/mol. The molecule has 0 aliphatic heterocycles. The van der Waals surface area contributed by atoms with Crippen LogP contribution in [0.15, 0.2) is 24.3 Å². The average molecular weight is 604 g/mol. The second-order valence-electron chi connectivity index (χ2n) is 9.05. The van der Waals surface area contributed by atoms with Gasteiger partial charge in [0.15, 0.2) is 0 Å². The van der Waals surface area contributed by atoms with Gasteiger partial charge < -0.3 is 37.1 Å². The Morgan fingerprint density at radius 1 is 0.610 bits per heavy atom. The average Bonchev–Trinajstić information content (AvgIpc) is 2.92. The zero-order valence-corrected chi connectivity index (χ0v) is 26.5. The summed E-state index contributed by atoms with van der Waals surface area (Å²) in [6.45, 7) is 18.4. The van der Waals surface area contributed by atoms with Crippen molar-refractivity contribution in [1.82, 2.24) is 4.90 Å². The largest absolute Gasteiger partial charge is 0.500 e. The Morgan fingerprint density at radius 3 is 1.37 bits per heavy atom. The van der Waals surface area contributed by atoms with E-state index in [1.54, 1.807) is 0 Å². The molecule has 0 aromatic carbocycles. The number of hydrogen-bond acceptors (Lipinski definition) is 12. The minimum atomic E-state index is -2.76. The summed E-state index contributed by atoms with van der Waals surface area (Å²) < 4.78 is 37.9. The van der Waals surface area contributed by atoms with Gasteiger partial charge in [0.05, 0.1) is 12.8 Å². The Bertz CT molecular complexity index is 767. The zero-order valence-electron chi connectivity index (χ0n) is 25.5. The molecule has 0 aromatic rings. The van der Waals surface area contributed by atoms with Gasteiger partial charge in [0, 0.05) is 50.1 Å². The van der Waals surface area contributed by atoms with Crippen molar-refractivity contribution in [3.05, 3.63) is 24.3 Å². The number of hydrogen-bond donors (Lipinski definition) is 0. The molecule has 0 spiro atoms. The van der Waals surface area contributed by atoms with Gasteiger partial charge in [0.25, 0.3) is 0 Å². The van der Waals surface area contributed by atoms with Gasteiger partial charge in [0.1, 0.15) is 26.4 Å². The van der Waals surface area contributed by atoms with Gasteiger partial charge in [-0.05, 0) is 54.0 Å². The molecule has 0 heterocycles. The lowest BCUT2D eigenvalue weighted by atomic mass is 10.2. The van der Waals surface area contributed by atoms with Crippen LogP contribution >= 0.6 is 0 Å². The van der Waals surface area contributed by atoms with E-state index in [-0.39, 0.29) is 50.4 Å². The molecule has 0 amide bonds. The van der Waals surface area contributed by atoms with Crippen LogP contribution < -0.4 is 0 Å². The molecule has 12 nitrogen and oxygen atoms in total. The Balaban J connectivity index is 4.83. The first-order chi connectivity index (χ1) is 19.5. The van der Waals surface area contributed by atoms with Crippen molar-refractivity contribution in [3.63, 3.8) is 0 Å². The van der Waals surface area contributed by atoms with Crippen molar-refractivity contribution in [1.29, 1.82) is 0 Å². The van der Waals surface area contributed by atoms with Gasteiger partial charge in [-0.1, -0.05) is 13.2 Å². The second kappa shape index (κ2) is 23.0. The van der Waals surface area contributed by atoms with E-state index in [0.717, 1.165) is 12.8 Å². The SMILES string of the molecule is C=C(C)C(=O)OCCOC(=O)CCN(CCCC[Si](OCC)(OCC)OCC)CCC(=O)OCCOC(=O)C(=C)C. The molecular formula is C28H49NO11Si. The normalized spacial score (nSPS) is 11.2. The summed E-state index contributed by atoms with van der Waals surface area (Å²) >= 11 is 0. The Labute approximate surface area is 245 Å². The lowest BCUT2D eigenvalue weighted by Crippen LogP contribution is -2.46. The minimum Gasteiger partial charge on any atom is -0.462 e. The van der Waals surface area contributed by atoms with Crippen LogP contribution in [-0.4, -0.2) is 103 Å². The van der Waals surface area contributed by atoms with E-state index >= 15 is 0 Å². The van der Waals surface area contributed by atoms with E-state index in [4.69, 9.17) is 32.2 Å². The summed E-state index contributed by atoms with van der Waals surface area (Å²) in [5.41, 5.74) is 0.532. The standard InChI is InChI=1S/C28H49NO11Si/c1-8-38-41(39-9-2,40-10-3)22-12-11-15-29(16-13-25(30)34-18-20-36-27(32)23(4)5)17-14-26(31)35-19-21-37-28(33)24(6)7/h4,6,8-22H2,1-3,5,7H3. The van der Waals surface area contributed by atoms with E-state index in [0.29, 0.717) is 45.5 Å². The fourth-order valence-corrected chi connectivity index (χ4v) is 6.17. The van der Waals surface area contributed by atoms with Crippen LogP contribution in [0, 0.1) is 0 Å². The second-order valence-corrected chi connectivity index (χ2v) is 11.8. The van der Waals surface area contributed by atoms with Crippen molar-refractivity contribution in [2.75, 3.05) is 65.9 Å². The van der Waals surface area contributed by atoms with Gasteiger partial charge in [-0.25, -0.2) is 9.59 Å². The smallest absolute Gasteiger partial charge is 0.462 e. The van der Waals surface area contributed by atoms with E-state index in [9.17, 15) is 19.2 Å². The van der Waals surface area contributed by atoms with Crippen LogP contribution in [0.2, 0.25) is 6.04 Å². The molecule has 0 saturated heterocycles. The predicted molar refractivity (Wildman–Crippen MR) is 154 cm³/mol. The topological polar surface area (TPSA) is 136 Å². The fraction of sp³-hybridized carbons (Fsp3) is 0.714. The summed E-state index contributed by atoms with van der Waals surface area (Å²) in [5.74, 6) is -1.98. The highest BCUT2D eigenvalue weighted by Crippen LogP contribution is 2.19. The minimum absolute atomic E-state index is 0.0558. The zero-order chi connectivity index (χ0) is 31.1. The lowest BCUT2D eigenvalue weighted by molar-refractivity contribution is -0.151. The lowest BCUT2D eigenvalue weighted by Gasteiger charge is -2.29. The number of carbonyl (C=O) groups excluding carboxylic acids is 4. The van der Waals surface area contributed by atoms with Gasteiger partial charge in [-0.15, -0.1) is 0 Å². The summed E-state index contributed by atoms with van der Waals surface area (Å²) in [6.07, 6.45) is 1.73. The summed E-state index contributed by atoms with van der Waals surface area (Å²) in [6, 6.07) is 0.659. The van der Waals surface area contributed by atoms with Gasteiger partial charge in [0.2, 0.25) is 0 Å². The number of ether oxygens (including phenoxy) is 4. The Morgan fingerprint density at radius 2 is 1.00 bits per heavy atom. The molecule has 0 aromatic heterocycles. The maximum Gasteiger partial charge on any atom is 0.500 e. The highest BCUT2D eigenvalue weighted by molar-refractivity contribution is 6.60. The Hall–Kier alpha value is -2.58. The number of nitrogens with zero attached hydrogens (tertiary/aromatic N) is 1. The van der Waals surface area contributed by atoms with E-state index in [2.05, 4.69) is 13.2 Å². The highest BCUT2D eigenvalue weighted by atomic mass is 28.4. The van der Waals surface area contributed by atoms with Crippen LogP contribution in [0.1, 0.15) is 60.3 Å². The van der Waals surface area contributed by atoms with Crippen LogP contribution in [0.3, 0.4) is 0 Å². The molecule has 13 heteroatoms. The third kappa shape index (κ3) is 19.2. The van der Waals surface area contributed by atoms with Gasteiger partial charge in [-0.3, -0.25) is 9.59 Å². The van der Waals surface area contributed by atoms with E-state index in [1.807, 2.05) is 25.7 Å². The van der Waals surface area contributed by atoms with Crippen molar-refractivity contribution in [2.24, 2.45) is 0 Å². The molecule has 0 fully saturated rings. The fourth-order valence-electron chi connectivity index (χ4n) is 3.48. The first-order valence-corrected chi connectivity index (χ1v) is 16.0. The number of unbranched alkanes of at least 4 members (excludes halogenated alkanes) is 1. The molecule has 0 atom stereocenters. The third-order valence-electron chi connectivity index (χ3n) is 5.42. The molecule has 0 radical (unpaired) electrons. The monoisotopic (exact) mass is 603 g/mol. The molecule has 0 rings (SSSR count). The van der Waals surface area contributed by atoms with Crippen molar-refractivity contribution in [2.45, 2.75) is 66.3 Å². The molecule has 0 saturated carbocycles. The first kappa shape index (κ1) is 38.4. The van der Waals surface area contributed by atoms with E-state index < -0.39 is 32.7 Å². The molecule has 236 valence electrons. The number of esters is 4. The highest BCUT2D eigenvalue weighted by Gasteiger charge is 2.39. The van der Waals surface area contributed by atoms with Crippen molar-refractivity contribution < 1.29 is 51.4 Å². The van der Waals surface area contributed by atoms with Gasteiger partial charge >= 0.3 is 32.7 Å². The molecule has 0 bridgehead atoms. The van der Waals surface area contributed by atoms with Crippen LogP contribution in [0.5, 0.6) is 0 Å². The predicted octanol–water partition coefficient (Wildman–Crippen LogP) is 3.22. The Kier molecular flexibility index (Phi) is 21.6. The van der Waals surface area contributed by atoms with E-state index in [1.165, 1.54) is 13.8 Å². The molecule has 0 N–H and O–H groups in total. The van der Waals surface area contributed by atoms with Crippen LogP contribution in [0.4, 0.5) is 0 Å². The summed E-state index contributed by atoms with van der Waals surface area (Å²) in [7, 11) is -2.76. The summed E-state index contributed by atoms with van der Waals surface area (Å²) in [4.78, 5) is 49.3. The molecule has 41 heavy (non-hydrogen) atoms. The molecule has 0 unspecified atom stereocenters. The summed E-state index contributed by atoms with van der Waals surface area (Å²) in [5, 5.41) is 0. The van der Waals surface area contributed by atoms with Crippen LogP contribution in [-0.2, 0) is 51.4 Å². The molecule has 0 aliphatic carbocycles. The molecule has 0 aliphatic rings. The van der Waals surface area contributed by atoms with Gasteiger partial charge in [-0.2, -0.15) is 0 Å². The number of carbonyl (C=O) groups is 4. The maximum atomic E-state index is 12.2. The third-order valence-corrected chi connectivity index (χ3v) is 8.57. The maximum absolute atomic E-state index is 12.2. The number of rotatable bonds is 25.